The van der Waals surface area contributed by atoms with Crippen LogP contribution in [0.25, 0.3) is 0 Å². The minimum atomic E-state index is 0.294. The first-order valence-electron chi connectivity index (χ1n) is 7.06. The van der Waals surface area contributed by atoms with Gasteiger partial charge in [-0.05, 0) is 36.5 Å². The molecular weight excluding hydrogens is 332 g/mol. The van der Waals surface area contributed by atoms with Gasteiger partial charge in [0.15, 0.2) is 5.17 Å². The average Bonchev–Trinajstić information content (AvgIpc) is 2.74. The Bertz CT molecular complexity index is 476. The second-order valence-corrected chi connectivity index (χ2v) is 8.77. The monoisotopic (exact) mass is 354 g/mol. The molecule has 0 fully saturated rings. The molecule has 1 aromatic carbocycles. The molecule has 0 saturated heterocycles. The summed E-state index contributed by atoms with van der Waals surface area (Å²) >= 11 is 5.36. The van der Waals surface area contributed by atoms with E-state index in [-0.39, 0.29) is 0 Å². The Kier molecular flexibility index (Phi) is 5.19. The molecule has 0 bridgehead atoms. The molecule has 2 unspecified atom stereocenters. The van der Waals surface area contributed by atoms with Gasteiger partial charge in [0.1, 0.15) is 0 Å². The summed E-state index contributed by atoms with van der Waals surface area (Å²) in [4.78, 5) is 4.64. The summed E-state index contributed by atoms with van der Waals surface area (Å²) < 4.78 is 1.12. The van der Waals surface area contributed by atoms with Gasteiger partial charge in [0.2, 0.25) is 0 Å². The van der Waals surface area contributed by atoms with Crippen LogP contribution in [0.15, 0.2) is 33.7 Å². The molecule has 1 N–H and O–H groups in total. The molecule has 2 nitrogen and oxygen atoms in total. The van der Waals surface area contributed by atoms with Gasteiger partial charge in [0.25, 0.3) is 0 Å². The van der Waals surface area contributed by atoms with Crippen LogP contribution in [0.3, 0.4) is 0 Å². The predicted molar refractivity (Wildman–Crippen MR) is 93.4 cm³/mol. The Morgan fingerprint density at radius 3 is 2.60 bits per heavy atom. The topological polar surface area (TPSA) is 24.4 Å². The second kappa shape index (κ2) is 6.52. The lowest BCUT2D eigenvalue weighted by atomic mass is 9.90. The molecule has 0 amide bonds. The van der Waals surface area contributed by atoms with E-state index in [0.29, 0.717) is 16.7 Å². The molecule has 0 aromatic heterocycles. The van der Waals surface area contributed by atoms with E-state index in [2.05, 4.69) is 78.2 Å². The van der Waals surface area contributed by atoms with Crippen molar-refractivity contribution in [2.24, 2.45) is 10.4 Å². The van der Waals surface area contributed by atoms with Crippen molar-refractivity contribution < 1.29 is 0 Å². The molecule has 1 heterocycles. The number of amidine groups is 1. The normalized spacial score (nSPS) is 20.6. The highest BCUT2D eigenvalue weighted by Gasteiger charge is 2.25. The van der Waals surface area contributed by atoms with Crippen LogP contribution in [0.4, 0.5) is 0 Å². The fourth-order valence-electron chi connectivity index (χ4n) is 2.31. The Hall–Kier alpha value is -0.480. The van der Waals surface area contributed by atoms with Crippen LogP contribution in [0.5, 0.6) is 0 Å². The maximum atomic E-state index is 4.64. The Balaban J connectivity index is 1.87. The molecule has 0 aliphatic carbocycles. The fraction of sp³-hybridized carbons (Fsp3) is 0.562. The second-order valence-electron chi connectivity index (χ2n) is 6.57. The van der Waals surface area contributed by atoms with Crippen molar-refractivity contribution in [3.05, 3.63) is 34.3 Å². The van der Waals surface area contributed by atoms with Crippen LogP contribution < -0.4 is 5.32 Å². The third-order valence-electron chi connectivity index (χ3n) is 3.27. The fourth-order valence-corrected chi connectivity index (χ4v) is 4.01. The van der Waals surface area contributed by atoms with Gasteiger partial charge >= 0.3 is 0 Å². The lowest BCUT2D eigenvalue weighted by Gasteiger charge is -2.22. The van der Waals surface area contributed by atoms with E-state index < -0.39 is 0 Å². The first kappa shape index (κ1) is 15.9. The average molecular weight is 355 g/mol. The number of rotatable bonds is 3. The minimum absolute atomic E-state index is 0.294. The van der Waals surface area contributed by atoms with Crippen molar-refractivity contribution in [3.8, 4) is 0 Å². The number of benzene rings is 1. The van der Waals surface area contributed by atoms with Gasteiger partial charge in [0.05, 0.1) is 12.6 Å². The number of thioether (sulfide) groups is 1. The molecule has 0 saturated carbocycles. The van der Waals surface area contributed by atoms with E-state index in [1.165, 1.54) is 12.0 Å². The zero-order valence-corrected chi connectivity index (χ0v) is 15.0. The lowest BCUT2D eigenvalue weighted by molar-refractivity contribution is 0.375. The van der Waals surface area contributed by atoms with Crippen LogP contribution in [0, 0.1) is 5.41 Å². The summed E-state index contributed by atoms with van der Waals surface area (Å²) in [5.74, 6) is 0. The molecule has 1 aliphatic heterocycles. The summed E-state index contributed by atoms with van der Waals surface area (Å²) in [5.41, 5.74) is 1.66. The smallest absolute Gasteiger partial charge is 0.157 e. The van der Waals surface area contributed by atoms with E-state index in [1.54, 1.807) is 0 Å². The van der Waals surface area contributed by atoms with Crippen LogP contribution in [0.1, 0.15) is 45.7 Å². The highest BCUT2D eigenvalue weighted by molar-refractivity contribution is 9.10. The third-order valence-corrected chi connectivity index (χ3v) is 4.91. The minimum Gasteiger partial charge on any atom is -0.358 e. The number of nitrogens with one attached hydrogen (secondary N) is 1. The summed E-state index contributed by atoms with van der Waals surface area (Å²) in [7, 11) is 0. The van der Waals surface area contributed by atoms with Gasteiger partial charge in [-0.3, -0.25) is 4.99 Å². The van der Waals surface area contributed by atoms with Crippen LogP contribution >= 0.6 is 27.7 Å². The van der Waals surface area contributed by atoms with Gasteiger partial charge in [-0.15, -0.1) is 0 Å². The van der Waals surface area contributed by atoms with Crippen molar-refractivity contribution in [2.45, 2.75) is 45.4 Å². The lowest BCUT2D eigenvalue weighted by Crippen LogP contribution is -2.24. The van der Waals surface area contributed by atoms with Crippen molar-refractivity contribution in [3.63, 3.8) is 0 Å². The molecule has 1 aromatic rings. The molecule has 20 heavy (non-hydrogen) atoms. The van der Waals surface area contributed by atoms with Gasteiger partial charge < -0.3 is 5.32 Å². The van der Waals surface area contributed by atoms with Crippen molar-refractivity contribution in [1.29, 1.82) is 0 Å². The quantitative estimate of drug-likeness (QED) is 0.824. The van der Waals surface area contributed by atoms with E-state index in [4.69, 9.17) is 0 Å². The van der Waals surface area contributed by atoms with E-state index in [0.717, 1.165) is 16.2 Å². The molecule has 1 aliphatic rings. The zero-order chi connectivity index (χ0) is 14.8. The van der Waals surface area contributed by atoms with Crippen molar-refractivity contribution >= 4 is 32.9 Å². The molecule has 0 spiro atoms. The predicted octanol–water partition coefficient (Wildman–Crippen LogP) is 5.01. The summed E-state index contributed by atoms with van der Waals surface area (Å²) in [5, 5.41) is 5.24. The third kappa shape index (κ3) is 4.81. The van der Waals surface area contributed by atoms with E-state index in [9.17, 15) is 0 Å². The maximum Gasteiger partial charge on any atom is 0.157 e. The number of hydrogen-bond donors (Lipinski definition) is 1. The molecule has 110 valence electrons. The Morgan fingerprint density at radius 1 is 1.35 bits per heavy atom. The van der Waals surface area contributed by atoms with Crippen LogP contribution in [0.2, 0.25) is 0 Å². The number of halogens is 1. The number of nitrogens with zero attached hydrogens (tertiary/aromatic N) is 1. The Labute approximate surface area is 135 Å². The number of aliphatic imine (C=N–C) groups is 1. The van der Waals surface area contributed by atoms with Gasteiger partial charge in [-0.1, -0.05) is 60.6 Å². The molecule has 2 rings (SSSR count). The molecule has 2 atom stereocenters. The summed E-state index contributed by atoms with van der Waals surface area (Å²) in [6.07, 6.45) is 1.21. The first-order chi connectivity index (χ1) is 9.33. The summed E-state index contributed by atoms with van der Waals surface area (Å²) in [6.45, 7) is 10.0. The van der Waals surface area contributed by atoms with Crippen molar-refractivity contribution in [1.82, 2.24) is 5.32 Å². The zero-order valence-electron chi connectivity index (χ0n) is 12.6. The summed E-state index contributed by atoms with van der Waals surface area (Å²) in [6, 6.07) is 8.75. The SMILES string of the molecule is CC(NC1=NCC(CC(C)(C)C)S1)c1ccc(Br)cc1. The van der Waals surface area contributed by atoms with Crippen LogP contribution in [-0.2, 0) is 0 Å². The molecular formula is C16H23BrN2S. The van der Waals surface area contributed by atoms with E-state index in [1.807, 2.05) is 11.8 Å². The standard InChI is InChI=1S/C16H23BrN2S/c1-11(12-5-7-13(17)8-6-12)19-15-18-10-14(20-15)9-16(2,3)4/h5-8,11,14H,9-10H2,1-4H3,(H,18,19). The van der Waals surface area contributed by atoms with Gasteiger partial charge in [-0.25, -0.2) is 0 Å². The van der Waals surface area contributed by atoms with Crippen molar-refractivity contribution in [2.75, 3.05) is 6.54 Å². The van der Waals surface area contributed by atoms with Crippen LogP contribution in [-0.4, -0.2) is 17.0 Å². The largest absolute Gasteiger partial charge is 0.358 e. The molecule has 4 heteroatoms. The van der Waals surface area contributed by atoms with E-state index >= 15 is 0 Å². The highest BCUT2D eigenvalue weighted by atomic mass is 79.9. The molecule has 0 radical (unpaired) electrons. The number of hydrogen-bond acceptors (Lipinski definition) is 3. The Morgan fingerprint density at radius 2 is 2.00 bits per heavy atom. The highest BCUT2D eigenvalue weighted by Crippen LogP contribution is 2.32. The van der Waals surface area contributed by atoms with Gasteiger partial charge in [-0.2, -0.15) is 0 Å². The first-order valence-corrected chi connectivity index (χ1v) is 8.74. The maximum absolute atomic E-state index is 4.64. The van der Waals surface area contributed by atoms with Gasteiger partial charge in [0, 0.05) is 9.72 Å².